The molecule has 15 heteroatoms. The highest BCUT2D eigenvalue weighted by Gasteiger charge is 2.43. The molecule has 0 radical (unpaired) electrons. The summed E-state index contributed by atoms with van der Waals surface area (Å²) in [5.74, 6) is -3.21. The highest BCUT2D eigenvalue weighted by atomic mass is 16.5. The number of benzene rings is 1. The average molecular weight is 844 g/mol. The number of carbonyl (C=O) groups is 5. The van der Waals surface area contributed by atoms with E-state index in [1.54, 1.807) is 30.9 Å². The van der Waals surface area contributed by atoms with Gasteiger partial charge in [-0.05, 0) is 43.2 Å². The van der Waals surface area contributed by atoms with E-state index in [9.17, 15) is 29.1 Å². The summed E-state index contributed by atoms with van der Waals surface area (Å²) in [5, 5.41) is 19.1. The number of hydrogen-bond acceptors (Lipinski definition) is 10. The van der Waals surface area contributed by atoms with Crippen LogP contribution < -0.4 is 16.0 Å². The van der Waals surface area contributed by atoms with Gasteiger partial charge in [-0.15, -0.1) is 0 Å². The number of carbonyl (C=O) groups excluding carboxylic acids is 4. The van der Waals surface area contributed by atoms with Gasteiger partial charge in [-0.2, -0.15) is 0 Å². The number of likely N-dealkylation sites (N-methyl/N-ethyl adjacent to an activating group) is 2. The number of methoxy groups -OCH3 is 2. The fourth-order valence-electron chi connectivity index (χ4n) is 9.02. The van der Waals surface area contributed by atoms with Crippen molar-refractivity contribution in [1.29, 1.82) is 0 Å². The molecule has 0 spiro atoms. The van der Waals surface area contributed by atoms with Crippen molar-refractivity contribution in [1.82, 2.24) is 35.6 Å². The quantitative estimate of drug-likeness (QED) is 0.121. The molecule has 4 N–H and O–H groups in total. The summed E-state index contributed by atoms with van der Waals surface area (Å²) >= 11 is 0. The number of amides is 4. The van der Waals surface area contributed by atoms with Gasteiger partial charge in [0.15, 0.2) is 0 Å². The van der Waals surface area contributed by atoms with Crippen LogP contribution in [0.15, 0.2) is 30.3 Å². The van der Waals surface area contributed by atoms with Crippen LogP contribution in [0.2, 0.25) is 0 Å². The zero-order valence-corrected chi connectivity index (χ0v) is 38.3. The summed E-state index contributed by atoms with van der Waals surface area (Å²) in [6, 6.07) is 5.86. The SMILES string of the molecule is CC[C@H](C)[C@@H]([C@@H](CC(=O)N1CCC[C@H]1[C@H](OC)[C@@H](C)C(=O)N[C@@H](Cc1ccccc1)C(=O)O)OC)N(C)C(=O)[C@@H](NC(=O)[C@H](C(C)C)N(C)CCN1CCNCC1)C(C)C. The fraction of sp³-hybridized carbons (Fsp3) is 0.756. The van der Waals surface area contributed by atoms with Crippen LogP contribution in [0.5, 0.6) is 0 Å². The second kappa shape index (κ2) is 24.7. The van der Waals surface area contributed by atoms with Crippen molar-refractivity contribution in [3.05, 3.63) is 35.9 Å². The second-order valence-corrected chi connectivity index (χ2v) is 17.7. The summed E-state index contributed by atoms with van der Waals surface area (Å²) in [7, 11) is 6.77. The third-order valence-corrected chi connectivity index (χ3v) is 12.7. The standard InChI is InChI=1S/C45H77N7O8/c1-12-31(6)40(50(9)44(56)38(29(2)3)48-43(55)39(30(4)5)49(8)25-26-51-23-20-46-21-24-51)36(59-10)28-37(53)52-22-16-19-35(52)41(60-11)32(7)42(54)47-34(45(57)58)27-33-17-14-13-15-18-33/h13-15,17-18,29-32,34-36,38-41,46H,12,16,19-28H2,1-11H3,(H,47,54)(H,48,55)(H,57,58)/t31-,32+,34-,35-,36+,38-,39-,40-,41+/m0/s1. The van der Waals surface area contributed by atoms with E-state index in [0.717, 1.165) is 44.8 Å². The summed E-state index contributed by atoms with van der Waals surface area (Å²) in [4.78, 5) is 76.5. The van der Waals surface area contributed by atoms with Gasteiger partial charge in [0.2, 0.25) is 23.6 Å². The normalized spacial score (nSPS) is 20.2. The number of nitrogens with one attached hydrogen (secondary N) is 3. The van der Waals surface area contributed by atoms with Crippen molar-refractivity contribution < 1.29 is 38.6 Å². The Morgan fingerprint density at radius 2 is 1.55 bits per heavy atom. The van der Waals surface area contributed by atoms with Gasteiger partial charge in [-0.1, -0.05) is 85.2 Å². The summed E-state index contributed by atoms with van der Waals surface area (Å²) < 4.78 is 12.0. The van der Waals surface area contributed by atoms with E-state index >= 15 is 0 Å². The van der Waals surface area contributed by atoms with Crippen LogP contribution in [-0.2, 0) is 39.9 Å². The molecule has 9 atom stereocenters. The first kappa shape index (κ1) is 50.7. The fourth-order valence-corrected chi connectivity index (χ4v) is 9.02. The lowest BCUT2D eigenvalue weighted by Gasteiger charge is -2.41. The minimum atomic E-state index is -1.14. The Morgan fingerprint density at radius 1 is 0.900 bits per heavy atom. The van der Waals surface area contributed by atoms with Crippen molar-refractivity contribution in [2.24, 2.45) is 23.7 Å². The molecule has 1 aromatic carbocycles. The number of piperazine rings is 1. The first-order valence-corrected chi connectivity index (χ1v) is 22.1. The first-order valence-electron chi connectivity index (χ1n) is 22.1. The number of aliphatic carboxylic acids is 1. The molecule has 0 aliphatic carbocycles. The van der Waals surface area contributed by atoms with E-state index < -0.39 is 60.2 Å². The van der Waals surface area contributed by atoms with E-state index in [-0.39, 0.29) is 48.3 Å². The zero-order chi connectivity index (χ0) is 44.7. The van der Waals surface area contributed by atoms with Gasteiger partial charge in [0.05, 0.1) is 42.7 Å². The lowest BCUT2D eigenvalue weighted by molar-refractivity contribution is -0.148. The van der Waals surface area contributed by atoms with Crippen molar-refractivity contribution in [2.45, 2.75) is 123 Å². The summed E-state index contributed by atoms with van der Waals surface area (Å²) in [6.45, 7) is 19.6. The van der Waals surface area contributed by atoms with Crippen LogP contribution in [0.4, 0.5) is 0 Å². The van der Waals surface area contributed by atoms with Gasteiger partial charge in [0, 0.05) is 73.5 Å². The smallest absolute Gasteiger partial charge is 0.326 e. The molecule has 15 nitrogen and oxygen atoms in total. The molecular formula is C45H77N7O8. The number of carboxylic acid groups (broad SMARTS) is 1. The predicted octanol–water partition coefficient (Wildman–Crippen LogP) is 2.72. The Morgan fingerprint density at radius 3 is 2.10 bits per heavy atom. The molecule has 2 saturated heterocycles. The van der Waals surface area contributed by atoms with Gasteiger partial charge in [0.25, 0.3) is 0 Å². The Bertz CT molecular complexity index is 1510. The number of hydrogen-bond donors (Lipinski definition) is 4. The maximum atomic E-state index is 14.5. The molecule has 2 fully saturated rings. The molecular weight excluding hydrogens is 767 g/mol. The van der Waals surface area contributed by atoms with Gasteiger partial charge in [-0.25, -0.2) is 4.79 Å². The predicted molar refractivity (Wildman–Crippen MR) is 233 cm³/mol. The second-order valence-electron chi connectivity index (χ2n) is 17.7. The third-order valence-electron chi connectivity index (χ3n) is 12.7. The largest absolute Gasteiger partial charge is 0.480 e. The van der Waals surface area contributed by atoms with Crippen molar-refractivity contribution in [3.63, 3.8) is 0 Å². The molecule has 0 saturated carbocycles. The Balaban J connectivity index is 1.75. The molecule has 0 bridgehead atoms. The third kappa shape index (κ3) is 13.9. The van der Waals surface area contributed by atoms with Crippen LogP contribution in [0.25, 0.3) is 0 Å². The van der Waals surface area contributed by atoms with Crippen LogP contribution in [-0.4, -0.2) is 171 Å². The molecule has 4 amide bonds. The van der Waals surface area contributed by atoms with Gasteiger partial charge in [-0.3, -0.25) is 29.0 Å². The topological polar surface area (TPSA) is 173 Å². The number of rotatable bonds is 24. The van der Waals surface area contributed by atoms with Crippen LogP contribution >= 0.6 is 0 Å². The molecule has 0 unspecified atom stereocenters. The van der Waals surface area contributed by atoms with Crippen LogP contribution in [0, 0.1) is 23.7 Å². The van der Waals surface area contributed by atoms with Crippen molar-refractivity contribution >= 4 is 29.6 Å². The monoisotopic (exact) mass is 844 g/mol. The van der Waals surface area contributed by atoms with Crippen LogP contribution in [0.1, 0.15) is 79.7 Å². The molecule has 340 valence electrons. The van der Waals surface area contributed by atoms with E-state index in [1.807, 2.05) is 78.9 Å². The van der Waals surface area contributed by atoms with E-state index in [1.165, 1.54) is 7.11 Å². The maximum Gasteiger partial charge on any atom is 0.326 e. The average Bonchev–Trinajstić information content (AvgIpc) is 3.71. The summed E-state index contributed by atoms with van der Waals surface area (Å²) in [6.07, 6.45) is 0.794. The lowest BCUT2D eigenvalue weighted by Crippen LogP contribution is -2.60. The Kier molecular flexibility index (Phi) is 20.9. The highest BCUT2D eigenvalue weighted by molar-refractivity contribution is 5.90. The Labute approximate surface area is 359 Å². The molecule has 60 heavy (non-hydrogen) atoms. The summed E-state index contributed by atoms with van der Waals surface area (Å²) in [5.41, 5.74) is 0.786. The molecule has 2 aliphatic heterocycles. The Hall–Kier alpha value is -3.63. The van der Waals surface area contributed by atoms with E-state index in [2.05, 4.69) is 25.8 Å². The van der Waals surface area contributed by atoms with E-state index in [0.29, 0.717) is 25.8 Å². The molecule has 1 aromatic rings. The molecule has 0 aromatic heterocycles. The van der Waals surface area contributed by atoms with Crippen LogP contribution in [0.3, 0.4) is 0 Å². The van der Waals surface area contributed by atoms with Gasteiger partial charge >= 0.3 is 5.97 Å². The minimum Gasteiger partial charge on any atom is -0.480 e. The van der Waals surface area contributed by atoms with Crippen molar-refractivity contribution in [3.8, 4) is 0 Å². The number of ether oxygens (including phenoxy) is 2. The van der Waals surface area contributed by atoms with Gasteiger partial charge < -0.3 is 40.3 Å². The van der Waals surface area contributed by atoms with Crippen molar-refractivity contribution in [2.75, 3.05) is 74.1 Å². The lowest BCUT2D eigenvalue weighted by atomic mass is 9.89. The zero-order valence-electron chi connectivity index (χ0n) is 38.3. The minimum absolute atomic E-state index is 0.0131. The first-order chi connectivity index (χ1) is 28.5. The highest BCUT2D eigenvalue weighted by Crippen LogP contribution is 2.30. The number of carboxylic acids is 1. The maximum absolute atomic E-state index is 14.5. The number of likely N-dealkylation sites (tertiary alicyclic amines) is 1. The number of nitrogens with zero attached hydrogens (tertiary/aromatic N) is 4. The van der Waals surface area contributed by atoms with E-state index in [4.69, 9.17) is 9.47 Å². The molecule has 2 aliphatic rings. The molecule has 2 heterocycles. The van der Waals surface area contributed by atoms with Gasteiger partial charge in [0.1, 0.15) is 12.1 Å². The molecule has 3 rings (SSSR count).